The van der Waals surface area contributed by atoms with Crippen LogP contribution in [0.2, 0.25) is 0 Å². The van der Waals surface area contributed by atoms with Gasteiger partial charge in [-0.05, 0) is 37.9 Å². The van der Waals surface area contributed by atoms with Gasteiger partial charge in [0.15, 0.2) is 5.82 Å². The minimum Gasteiger partial charge on any atom is -0.351 e. The highest BCUT2D eigenvalue weighted by Gasteiger charge is 2.22. The molecule has 0 amide bonds. The Morgan fingerprint density at radius 2 is 2.44 bits per heavy atom. The third kappa shape index (κ3) is 2.70. The fourth-order valence-corrected chi connectivity index (χ4v) is 2.27. The van der Waals surface area contributed by atoms with Crippen LogP contribution in [0.25, 0.3) is 0 Å². The van der Waals surface area contributed by atoms with Gasteiger partial charge in [-0.2, -0.15) is 5.10 Å². The summed E-state index contributed by atoms with van der Waals surface area (Å²) in [5, 5.41) is 11.6. The second-order valence-electron chi connectivity index (χ2n) is 4.23. The van der Waals surface area contributed by atoms with Crippen LogP contribution in [0, 0.1) is 0 Å². The highest BCUT2D eigenvalue weighted by molar-refractivity contribution is 5.38. The fourth-order valence-electron chi connectivity index (χ4n) is 2.27. The second-order valence-corrected chi connectivity index (χ2v) is 4.23. The lowest BCUT2D eigenvalue weighted by Gasteiger charge is -2.36. The molecule has 0 radical (unpaired) electrons. The summed E-state index contributed by atoms with van der Waals surface area (Å²) in [6, 6.07) is 4.59. The Hall–Kier alpha value is -1.16. The van der Waals surface area contributed by atoms with Crippen molar-refractivity contribution < 1.29 is 0 Å². The first kappa shape index (κ1) is 11.3. The Bertz CT molecular complexity index is 301. The third-order valence-electron chi connectivity index (χ3n) is 3.11. The molecule has 1 aromatic heterocycles. The smallest absolute Gasteiger partial charge is 0.151 e. The van der Waals surface area contributed by atoms with Crippen molar-refractivity contribution in [3.05, 3.63) is 18.3 Å². The zero-order valence-corrected chi connectivity index (χ0v) is 9.89. The molecule has 0 aromatic carbocycles. The maximum absolute atomic E-state index is 4.21. The maximum atomic E-state index is 4.21. The standard InChI is InChI=1S/C12H20N4/c1-2-13-10-11-6-3-4-9-16(11)12-7-5-8-14-15-12/h5,7-8,11,13H,2-4,6,9-10H2,1H3. The van der Waals surface area contributed by atoms with E-state index < -0.39 is 0 Å². The number of hydrogen-bond donors (Lipinski definition) is 1. The van der Waals surface area contributed by atoms with E-state index in [1.165, 1.54) is 19.3 Å². The quantitative estimate of drug-likeness (QED) is 0.833. The van der Waals surface area contributed by atoms with Crippen molar-refractivity contribution in [3.63, 3.8) is 0 Å². The van der Waals surface area contributed by atoms with Gasteiger partial charge in [-0.25, -0.2) is 0 Å². The number of rotatable bonds is 4. The molecule has 0 bridgehead atoms. The summed E-state index contributed by atoms with van der Waals surface area (Å²) in [4.78, 5) is 2.39. The van der Waals surface area contributed by atoms with Gasteiger partial charge in [0.1, 0.15) is 0 Å². The van der Waals surface area contributed by atoms with E-state index in [0.29, 0.717) is 6.04 Å². The summed E-state index contributed by atoms with van der Waals surface area (Å²) in [7, 11) is 0. The van der Waals surface area contributed by atoms with E-state index in [0.717, 1.165) is 25.5 Å². The normalized spacial score (nSPS) is 21.1. The molecule has 1 saturated heterocycles. The molecule has 2 heterocycles. The first-order valence-electron chi connectivity index (χ1n) is 6.17. The number of nitrogens with zero attached hydrogens (tertiary/aromatic N) is 3. The van der Waals surface area contributed by atoms with Crippen molar-refractivity contribution in [2.24, 2.45) is 0 Å². The first-order chi connectivity index (χ1) is 7.92. The van der Waals surface area contributed by atoms with Gasteiger partial charge in [-0.3, -0.25) is 0 Å². The molecule has 1 aromatic rings. The van der Waals surface area contributed by atoms with Crippen LogP contribution < -0.4 is 10.2 Å². The molecule has 4 nitrogen and oxygen atoms in total. The van der Waals surface area contributed by atoms with Gasteiger partial charge in [-0.1, -0.05) is 6.92 Å². The minimum absolute atomic E-state index is 0.574. The van der Waals surface area contributed by atoms with Crippen molar-refractivity contribution in [2.45, 2.75) is 32.2 Å². The predicted molar refractivity (Wildman–Crippen MR) is 65.6 cm³/mol. The molecule has 1 atom stereocenters. The predicted octanol–water partition coefficient (Wildman–Crippen LogP) is 1.44. The van der Waals surface area contributed by atoms with Gasteiger partial charge in [-0.15, -0.1) is 5.10 Å². The molecule has 1 aliphatic heterocycles. The minimum atomic E-state index is 0.574. The topological polar surface area (TPSA) is 41.0 Å². The Morgan fingerprint density at radius 1 is 1.50 bits per heavy atom. The molecule has 1 N–H and O–H groups in total. The molecule has 2 rings (SSSR count). The van der Waals surface area contributed by atoms with Crippen LogP contribution in [-0.2, 0) is 0 Å². The first-order valence-corrected chi connectivity index (χ1v) is 6.17. The van der Waals surface area contributed by atoms with Crippen LogP contribution in [0.1, 0.15) is 26.2 Å². The van der Waals surface area contributed by atoms with E-state index in [1.54, 1.807) is 6.20 Å². The maximum Gasteiger partial charge on any atom is 0.151 e. The molecule has 88 valence electrons. The molecular weight excluding hydrogens is 200 g/mol. The van der Waals surface area contributed by atoms with Crippen LogP contribution in [-0.4, -0.2) is 35.9 Å². The summed E-state index contributed by atoms with van der Waals surface area (Å²) < 4.78 is 0. The van der Waals surface area contributed by atoms with Gasteiger partial charge < -0.3 is 10.2 Å². The number of likely N-dealkylation sites (N-methyl/N-ethyl adjacent to an activating group) is 1. The summed E-state index contributed by atoms with van der Waals surface area (Å²) >= 11 is 0. The molecule has 1 fully saturated rings. The average molecular weight is 220 g/mol. The summed E-state index contributed by atoms with van der Waals surface area (Å²) in [6.07, 6.45) is 5.57. The van der Waals surface area contributed by atoms with Crippen molar-refractivity contribution in [1.29, 1.82) is 0 Å². The molecular formula is C12H20N4. The lowest BCUT2D eigenvalue weighted by Crippen LogP contribution is -2.46. The van der Waals surface area contributed by atoms with E-state index in [2.05, 4.69) is 33.4 Å². The van der Waals surface area contributed by atoms with Gasteiger partial charge in [0, 0.05) is 25.3 Å². The molecule has 16 heavy (non-hydrogen) atoms. The van der Waals surface area contributed by atoms with E-state index in [9.17, 15) is 0 Å². The van der Waals surface area contributed by atoms with Crippen LogP contribution in [0.5, 0.6) is 0 Å². The van der Waals surface area contributed by atoms with E-state index in [4.69, 9.17) is 0 Å². The number of nitrogens with one attached hydrogen (secondary N) is 1. The Balaban J connectivity index is 2.04. The third-order valence-corrected chi connectivity index (χ3v) is 3.11. The van der Waals surface area contributed by atoms with Crippen molar-refractivity contribution in [3.8, 4) is 0 Å². The van der Waals surface area contributed by atoms with E-state index >= 15 is 0 Å². The summed E-state index contributed by atoms with van der Waals surface area (Å²) in [6.45, 7) is 5.34. The molecule has 0 aliphatic carbocycles. The average Bonchev–Trinajstić information content (AvgIpc) is 2.38. The molecule has 0 spiro atoms. The molecule has 1 unspecified atom stereocenters. The number of anilines is 1. The Labute approximate surface area is 97.1 Å². The van der Waals surface area contributed by atoms with Gasteiger partial charge in [0.25, 0.3) is 0 Å². The van der Waals surface area contributed by atoms with Crippen LogP contribution in [0.15, 0.2) is 18.3 Å². The van der Waals surface area contributed by atoms with Gasteiger partial charge in [0.2, 0.25) is 0 Å². The van der Waals surface area contributed by atoms with Gasteiger partial charge in [0.05, 0.1) is 0 Å². The fraction of sp³-hybridized carbons (Fsp3) is 0.667. The lowest BCUT2D eigenvalue weighted by molar-refractivity contribution is 0.435. The van der Waals surface area contributed by atoms with E-state index in [1.807, 2.05) is 6.07 Å². The van der Waals surface area contributed by atoms with Crippen LogP contribution in [0.3, 0.4) is 0 Å². The zero-order valence-electron chi connectivity index (χ0n) is 9.89. The Morgan fingerprint density at radius 3 is 3.19 bits per heavy atom. The van der Waals surface area contributed by atoms with Crippen molar-refractivity contribution in [1.82, 2.24) is 15.5 Å². The second kappa shape index (κ2) is 5.80. The number of hydrogen-bond acceptors (Lipinski definition) is 4. The lowest BCUT2D eigenvalue weighted by atomic mass is 10.0. The Kier molecular flexibility index (Phi) is 4.10. The number of piperidine rings is 1. The number of aromatic nitrogens is 2. The summed E-state index contributed by atoms with van der Waals surface area (Å²) in [5.41, 5.74) is 0. The van der Waals surface area contributed by atoms with Gasteiger partial charge >= 0.3 is 0 Å². The summed E-state index contributed by atoms with van der Waals surface area (Å²) in [5.74, 6) is 1.02. The van der Waals surface area contributed by atoms with E-state index in [-0.39, 0.29) is 0 Å². The highest BCUT2D eigenvalue weighted by Crippen LogP contribution is 2.21. The van der Waals surface area contributed by atoms with Crippen molar-refractivity contribution >= 4 is 5.82 Å². The zero-order chi connectivity index (χ0) is 11.2. The highest BCUT2D eigenvalue weighted by atomic mass is 15.3. The molecule has 1 aliphatic rings. The van der Waals surface area contributed by atoms with Crippen molar-refractivity contribution in [2.75, 3.05) is 24.5 Å². The molecule has 0 saturated carbocycles. The monoisotopic (exact) mass is 220 g/mol. The van der Waals surface area contributed by atoms with Crippen LogP contribution >= 0.6 is 0 Å². The SMILES string of the molecule is CCNCC1CCCCN1c1cccnn1. The largest absolute Gasteiger partial charge is 0.351 e. The van der Waals surface area contributed by atoms with Crippen LogP contribution in [0.4, 0.5) is 5.82 Å². The molecule has 4 heteroatoms.